The van der Waals surface area contributed by atoms with Crippen molar-refractivity contribution in [3.63, 3.8) is 0 Å². The van der Waals surface area contributed by atoms with Gasteiger partial charge in [-0.25, -0.2) is 4.57 Å². The molecular formula is C19H22N5O+. The van der Waals surface area contributed by atoms with Crippen LogP contribution in [0.3, 0.4) is 0 Å². The van der Waals surface area contributed by atoms with Gasteiger partial charge in [-0.05, 0) is 11.6 Å². The van der Waals surface area contributed by atoms with Gasteiger partial charge in [-0.15, -0.1) is 0 Å². The van der Waals surface area contributed by atoms with Crippen molar-refractivity contribution in [2.24, 2.45) is 17.9 Å². The summed E-state index contributed by atoms with van der Waals surface area (Å²) in [5, 5.41) is 8.38. The number of hydrogen-bond donors (Lipinski definition) is 2. The van der Waals surface area contributed by atoms with Crippen LogP contribution in [0.4, 0.5) is 0 Å². The lowest BCUT2D eigenvalue weighted by atomic mass is 10.1. The van der Waals surface area contributed by atoms with Crippen molar-refractivity contribution in [3.05, 3.63) is 66.1 Å². The zero-order valence-electron chi connectivity index (χ0n) is 14.2. The van der Waals surface area contributed by atoms with E-state index in [4.69, 9.17) is 10.6 Å². The van der Waals surface area contributed by atoms with E-state index in [1.54, 1.807) is 0 Å². The van der Waals surface area contributed by atoms with Crippen molar-refractivity contribution in [1.82, 2.24) is 9.88 Å². The van der Waals surface area contributed by atoms with Crippen LogP contribution in [0.2, 0.25) is 0 Å². The first-order valence-corrected chi connectivity index (χ1v) is 8.42. The summed E-state index contributed by atoms with van der Waals surface area (Å²) in [6.45, 7) is 2.48. The van der Waals surface area contributed by atoms with Crippen molar-refractivity contribution >= 4 is 16.7 Å². The Morgan fingerprint density at radius 1 is 1.28 bits per heavy atom. The molecule has 0 amide bonds. The molecule has 4 rings (SSSR count). The quantitative estimate of drug-likeness (QED) is 0.318. The van der Waals surface area contributed by atoms with Crippen molar-refractivity contribution in [3.8, 4) is 0 Å². The van der Waals surface area contributed by atoms with E-state index in [0.717, 1.165) is 25.2 Å². The third kappa shape index (κ3) is 3.34. The number of nitrogens with one attached hydrogen (secondary N) is 1. The SMILES string of the molecule is C[n+]1ccc2c(ccn2Cc2ccc(C(N)=NOC3CNC3)cc2)c1. The molecule has 3 aromatic rings. The van der Waals surface area contributed by atoms with E-state index in [-0.39, 0.29) is 6.10 Å². The Labute approximate surface area is 146 Å². The lowest BCUT2D eigenvalue weighted by Gasteiger charge is -2.24. The number of aryl methyl sites for hydroxylation is 1. The second kappa shape index (κ2) is 6.57. The average Bonchev–Trinajstić information content (AvgIpc) is 2.96. The molecule has 0 radical (unpaired) electrons. The van der Waals surface area contributed by atoms with Crippen LogP contribution in [0.1, 0.15) is 11.1 Å². The van der Waals surface area contributed by atoms with Crippen LogP contribution in [0.5, 0.6) is 0 Å². The molecule has 1 aromatic carbocycles. The van der Waals surface area contributed by atoms with Gasteiger partial charge in [0, 0.05) is 37.5 Å². The van der Waals surface area contributed by atoms with Gasteiger partial charge in [0.1, 0.15) is 7.05 Å². The average molecular weight is 336 g/mol. The largest absolute Gasteiger partial charge is 0.388 e. The van der Waals surface area contributed by atoms with Crippen LogP contribution >= 0.6 is 0 Å². The summed E-state index contributed by atoms with van der Waals surface area (Å²) in [5.41, 5.74) is 9.31. The zero-order chi connectivity index (χ0) is 17.2. The smallest absolute Gasteiger partial charge is 0.177 e. The molecule has 1 saturated heterocycles. The molecule has 3 heterocycles. The second-order valence-electron chi connectivity index (χ2n) is 6.45. The number of fused-ring (bicyclic) bond motifs is 1. The van der Waals surface area contributed by atoms with Gasteiger partial charge >= 0.3 is 0 Å². The summed E-state index contributed by atoms with van der Waals surface area (Å²) >= 11 is 0. The number of nitrogens with zero attached hydrogens (tertiary/aromatic N) is 3. The minimum absolute atomic E-state index is 0.140. The summed E-state index contributed by atoms with van der Waals surface area (Å²) in [6, 6.07) is 12.4. The molecule has 0 atom stereocenters. The minimum Gasteiger partial charge on any atom is -0.388 e. The van der Waals surface area contributed by atoms with Gasteiger partial charge in [-0.2, -0.15) is 0 Å². The van der Waals surface area contributed by atoms with E-state index in [9.17, 15) is 0 Å². The Hall–Kier alpha value is -2.86. The highest BCUT2D eigenvalue weighted by Crippen LogP contribution is 2.15. The van der Waals surface area contributed by atoms with E-state index in [2.05, 4.69) is 62.5 Å². The number of amidine groups is 1. The summed E-state index contributed by atoms with van der Waals surface area (Å²) < 4.78 is 4.31. The molecule has 0 unspecified atom stereocenters. The predicted molar refractivity (Wildman–Crippen MR) is 97.1 cm³/mol. The molecule has 0 saturated carbocycles. The number of benzene rings is 1. The Bertz CT molecular complexity index is 909. The van der Waals surface area contributed by atoms with E-state index in [1.165, 1.54) is 16.5 Å². The molecule has 2 aromatic heterocycles. The summed E-state index contributed by atoms with van der Waals surface area (Å²) in [6.07, 6.45) is 6.46. The van der Waals surface area contributed by atoms with E-state index in [1.807, 2.05) is 19.2 Å². The number of oxime groups is 1. The molecule has 1 aliphatic heterocycles. The third-order valence-electron chi connectivity index (χ3n) is 4.50. The highest BCUT2D eigenvalue weighted by Gasteiger charge is 2.18. The van der Waals surface area contributed by atoms with Gasteiger partial charge in [0.2, 0.25) is 0 Å². The third-order valence-corrected chi connectivity index (χ3v) is 4.50. The topological polar surface area (TPSA) is 68.5 Å². The first-order valence-electron chi connectivity index (χ1n) is 8.42. The highest BCUT2D eigenvalue weighted by atomic mass is 16.6. The summed E-state index contributed by atoms with van der Waals surface area (Å²) in [4.78, 5) is 5.36. The zero-order valence-corrected chi connectivity index (χ0v) is 14.2. The fraction of sp³-hybridized carbons (Fsp3) is 0.263. The van der Waals surface area contributed by atoms with Gasteiger partial charge in [-0.3, -0.25) is 0 Å². The molecule has 3 N–H and O–H groups in total. The van der Waals surface area contributed by atoms with Crippen LogP contribution in [-0.4, -0.2) is 29.6 Å². The number of nitrogens with two attached hydrogens (primary N) is 1. The normalized spacial score (nSPS) is 15.3. The fourth-order valence-corrected chi connectivity index (χ4v) is 2.89. The number of hydrogen-bond acceptors (Lipinski definition) is 3. The van der Waals surface area contributed by atoms with Crippen LogP contribution in [-0.2, 0) is 18.4 Å². The lowest BCUT2D eigenvalue weighted by Crippen LogP contribution is -2.47. The fourth-order valence-electron chi connectivity index (χ4n) is 2.89. The molecule has 6 nitrogen and oxygen atoms in total. The highest BCUT2D eigenvalue weighted by molar-refractivity contribution is 5.97. The van der Waals surface area contributed by atoms with Crippen molar-refractivity contribution < 1.29 is 9.40 Å². The van der Waals surface area contributed by atoms with Crippen molar-refractivity contribution in [2.45, 2.75) is 12.6 Å². The van der Waals surface area contributed by atoms with Crippen molar-refractivity contribution in [2.75, 3.05) is 13.1 Å². The minimum atomic E-state index is 0.140. The molecular weight excluding hydrogens is 314 g/mol. The first kappa shape index (κ1) is 15.7. The molecule has 128 valence electrons. The summed E-state index contributed by atoms with van der Waals surface area (Å²) in [5.74, 6) is 0.414. The van der Waals surface area contributed by atoms with Gasteiger partial charge < -0.3 is 20.5 Å². The number of rotatable bonds is 5. The molecule has 0 aliphatic carbocycles. The molecule has 1 fully saturated rings. The summed E-state index contributed by atoms with van der Waals surface area (Å²) in [7, 11) is 2.03. The predicted octanol–water partition coefficient (Wildman–Crippen LogP) is 1.12. The van der Waals surface area contributed by atoms with Crippen LogP contribution < -0.4 is 15.6 Å². The maximum Gasteiger partial charge on any atom is 0.177 e. The standard InChI is InChI=1S/C19H22N5O/c1-23-8-7-18-16(13-23)6-9-24(18)12-14-2-4-15(5-3-14)19(20)22-25-17-10-21-11-17/h2-9,13,17,21H,10-12H2,1H3,(H2,20,22)/q+1. The van der Waals surface area contributed by atoms with Gasteiger partial charge in [0.15, 0.2) is 24.3 Å². The maximum absolute atomic E-state index is 5.99. The lowest BCUT2D eigenvalue weighted by molar-refractivity contribution is -0.670. The van der Waals surface area contributed by atoms with E-state index >= 15 is 0 Å². The Morgan fingerprint density at radius 2 is 2.08 bits per heavy atom. The molecule has 6 heteroatoms. The van der Waals surface area contributed by atoms with Gasteiger partial charge in [0.05, 0.1) is 10.9 Å². The van der Waals surface area contributed by atoms with E-state index in [0.29, 0.717) is 5.84 Å². The van der Waals surface area contributed by atoms with Crippen molar-refractivity contribution in [1.29, 1.82) is 0 Å². The van der Waals surface area contributed by atoms with Gasteiger partial charge in [0.25, 0.3) is 0 Å². The Balaban J connectivity index is 1.47. The number of pyridine rings is 1. The molecule has 0 bridgehead atoms. The van der Waals surface area contributed by atoms with Crippen LogP contribution in [0.25, 0.3) is 10.9 Å². The van der Waals surface area contributed by atoms with E-state index < -0.39 is 0 Å². The molecule has 0 spiro atoms. The second-order valence-corrected chi connectivity index (χ2v) is 6.45. The maximum atomic E-state index is 5.99. The Morgan fingerprint density at radius 3 is 2.80 bits per heavy atom. The molecule has 1 aliphatic rings. The number of aromatic nitrogens is 2. The van der Waals surface area contributed by atoms with Gasteiger partial charge in [-0.1, -0.05) is 29.4 Å². The Kier molecular flexibility index (Phi) is 4.11. The van der Waals surface area contributed by atoms with Crippen LogP contribution in [0.15, 0.2) is 60.1 Å². The monoisotopic (exact) mass is 336 g/mol. The van der Waals surface area contributed by atoms with Crippen LogP contribution in [0, 0.1) is 0 Å². The first-order chi connectivity index (χ1) is 12.2. The molecule has 25 heavy (non-hydrogen) atoms.